The zero-order valence-corrected chi connectivity index (χ0v) is 12.4. The third kappa shape index (κ3) is 5.43. The Kier molecular flexibility index (Phi) is 6.03. The number of carbonyl (C=O) groups is 1. The molecule has 0 spiro atoms. The van der Waals surface area contributed by atoms with Crippen molar-refractivity contribution in [2.24, 2.45) is 11.7 Å². The molecular formula is C16H26N2O. The summed E-state index contributed by atoms with van der Waals surface area (Å²) >= 11 is 0. The summed E-state index contributed by atoms with van der Waals surface area (Å²) in [5.41, 5.74) is 8.46. The van der Waals surface area contributed by atoms with Crippen LogP contribution in [0.1, 0.15) is 38.3 Å². The molecule has 0 bridgehead atoms. The monoisotopic (exact) mass is 262 g/mol. The second kappa shape index (κ2) is 7.29. The van der Waals surface area contributed by atoms with E-state index < -0.39 is 0 Å². The Labute approximate surface area is 116 Å². The molecule has 0 heterocycles. The maximum absolute atomic E-state index is 11.9. The van der Waals surface area contributed by atoms with Crippen LogP contribution in [0.3, 0.4) is 0 Å². The van der Waals surface area contributed by atoms with E-state index in [9.17, 15) is 4.79 Å². The number of benzene rings is 1. The van der Waals surface area contributed by atoms with Gasteiger partial charge in [0.2, 0.25) is 5.91 Å². The molecule has 0 aliphatic rings. The summed E-state index contributed by atoms with van der Waals surface area (Å²) in [5, 5.41) is 3.02. The molecular weight excluding hydrogens is 236 g/mol. The number of amides is 1. The number of hydrogen-bond acceptors (Lipinski definition) is 2. The van der Waals surface area contributed by atoms with Crippen LogP contribution in [-0.4, -0.2) is 18.0 Å². The van der Waals surface area contributed by atoms with Gasteiger partial charge in [0, 0.05) is 18.5 Å². The molecule has 106 valence electrons. The molecule has 0 fully saturated rings. The minimum absolute atomic E-state index is 0.0438. The van der Waals surface area contributed by atoms with Gasteiger partial charge in [0.25, 0.3) is 0 Å². The van der Waals surface area contributed by atoms with Gasteiger partial charge in [-0.05, 0) is 37.3 Å². The van der Waals surface area contributed by atoms with Crippen molar-refractivity contribution in [3.63, 3.8) is 0 Å². The van der Waals surface area contributed by atoms with E-state index in [1.807, 2.05) is 32.9 Å². The van der Waals surface area contributed by atoms with Crippen LogP contribution >= 0.6 is 0 Å². The van der Waals surface area contributed by atoms with Crippen molar-refractivity contribution in [2.45, 2.75) is 52.6 Å². The normalized spacial score (nSPS) is 14.2. The SMILES string of the molecule is Cc1ccccc1CC(C)NC(=O)CC(N)C(C)C. The number of rotatable bonds is 6. The van der Waals surface area contributed by atoms with Crippen molar-refractivity contribution >= 4 is 5.91 Å². The van der Waals surface area contributed by atoms with E-state index in [1.165, 1.54) is 11.1 Å². The van der Waals surface area contributed by atoms with Gasteiger partial charge in [-0.15, -0.1) is 0 Å². The third-order valence-electron chi connectivity index (χ3n) is 3.47. The van der Waals surface area contributed by atoms with Crippen LogP contribution in [0.2, 0.25) is 0 Å². The third-order valence-corrected chi connectivity index (χ3v) is 3.47. The second-order valence-corrected chi connectivity index (χ2v) is 5.71. The van der Waals surface area contributed by atoms with Gasteiger partial charge in [-0.3, -0.25) is 4.79 Å². The molecule has 3 heteroatoms. The Balaban J connectivity index is 2.45. The van der Waals surface area contributed by atoms with Crippen LogP contribution in [0.4, 0.5) is 0 Å². The molecule has 2 atom stereocenters. The molecule has 2 unspecified atom stereocenters. The molecule has 0 aliphatic heterocycles. The predicted molar refractivity (Wildman–Crippen MR) is 79.9 cm³/mol. The zero-order valence-electron chi connectivity index (χ0n) is 12.4. The molecule has 3 N–H and O–H groups in total. The average Bonchev–Trinajstić information content (AvgIpc) is 2.31. The molecule has 3 nitrogen and oxygen atoms in total. The van der Waals surface area contributed by atoms with Crippen LogP contribution in [0.25, 0.3) is 0 Å². The van der Waals surface area contributed by atoms with Gasteiger partial charge in [-0.1, -0.05) is 38.1 Å². The summed E-state index contributed by atoms with van der Waals surface area (Å²) in [5.74, 6) is 0.375. The summed E-state index contributed by atoms with van der Waals surface area (Å²) < 4.78 is 0. The highest BCUT2D eigenvalue weighted by Crippen LogP contribution is 2.10. The topological polar surface area (TPSA) is 55.1 Å². The largest absolute Gasteiger partial charge is 0.353 e. The molecule has 0 saturated heterocycles. The first-order chi connectivity index (χ1) is 8.90. The fraction of sp³-hybridized carbons (Fsp3) is 0.562. The number of aryl methyl sites for hydroxylation is 1. The highest BCUT2D eigenvalue weighted by Gasteiger charge is 2.15. The molecule has 1 aromatic rings. The van der Waals surface area contributed by atoms with E-state index in [4.69, 9.17) is 5.73 Å². The Bertz CT molecular complexity index is 415. The van der Waals surface area contributed by atoms with Crippen LogP contribution in [0, 0.1) is 12.8 Å². The Hall–Kier alpha value is -1.35. The molecule has 0 radical (unpaired) electrons. The summed E-state index contributed by atoms with van der Waals surface area (Å²) in [6.07, 6.45) is 1.26. The number of carbonyl (C=O) groups excluding carboxylic acids is 1. The predicted octanol–water partition coefficient (Wildman–Crippen LogP) is 2.42. The van der Waals surface area contributed by atoms with Crippen molar-refractivity contribution in [1.82, 2.24) is 5.32 Å². The number of hydrogen-bond donors (Lipinski definition) is 2. The summed E-state index contributed by atoms with van der Waals surface area (Å²) in [6.45, 7) is 8.20. The molecule has 0 aliphatic carbocycles. The van der Waals surface area contributed by atoms with Gasteiger partial charge in [0.05, 0.1) is 0 Å². The van der Waals surface area contributed by atoms with Gasteiger partial charge in [0.15, 0.2) is 0 Å². The van der Waals surface area contributed by atoms with Crippen LogP contribution in [0.5, 0.6) is 0 Å². The number of nitrogens with two attached hydrogens (primary N) is 1. The molecule has 0 saturated carbocycles. The summed E-state index contributed by atoms with van der Waals surface area (Å²) in [6, 6.07) is 8.34. The fourth-order valence-electron chi connectivity index (χ4n) is 2.00. The van der Waals surface area contributed by atoms with Gasteiger partial charge >= 0.3 is 0 Å². The van der Waals surface area contributed by atoms with E-state index in [0.29, 0.717) is 12.3 Å². The Morgan fingerprint density at radius 1 is 1.26 bits per heavy atom. The quantitative estimate of drug-likeness (QED) is 0.827. The van der Waals surface area contributed by atoms with E-state index in [2.05, 4.69) is 24.4 Å². The summed E-state index contributed by atoms with van der Waals surface area (Å²) in [7, 11) is 0. The van der Waals surface area contributed by atoms with Crippen molar-refractivity contribution in [1.29, 1.82) is 0 Å². The average molecular weight is 262 g/mol. The van der Waals surface area contributed by atoms with E-state index in [1.54, 1.807) is 0 Å². The maximum Gasteiger partial charge on any atom is 0.221 e. The van der Waals surface area contributed by atoms with Crippen molar-refractivity contribution < 1.29 is 4.79 Å². The Morgan fingerprint density at radius 3 is 2.47 bits per heavy atom. The maximum atomic E-state index is 11.9. The van der Waals surface area contributed by atoms with Gasteiger partial charge < -0.3 is 11.1 Å². The first kappa shape index (κ1) is 15.7. The smallest absolute Gasteiger partial charge is 0.221 e. The molecule has 0 aromatic heterocycles. The van der Waals surface area contributed by atoms with Gasteiger partial charge in [-0.2, -0.15) is 0 Å². The highest BCUT2D eigenvalue weighted by atomic mass is 16.1. The minimum Gasteiger partial charge on any atom is -0.353 e. The number of nitrogens with one attached hydrogen (secondary N) is 1. The molecule has 1 amide bonds. The molecule has 19 heavy (non-hydrogen) atoms. The van der Waals surface area contributed by atoms with Crippen LogP contribution in [-0.2, 0) is 11.2 Å². The van der Waals surface area contributed by atoms with Crippen molar-refractivity contribution in [3.05, 3.63) is 35.4 Å². The highest BCUT2D eigenvalue weighted by molar-refractivity contribution is 5.76. The standard InChI is InChI=1S/C16H26N2O/c1-11(2)15(17)10-16(19)18-13(4)9-14-8-6-5-7-12(14)3/h5-8,11,13,15H,9-10,17H2,1-4H3,(H,18,19). The first-order valence-electron chi connectivity index (χ1n) is 6.99. The van der Waals surface area contributed by atoms with E-state index in [-0.39, 0.29) is 18.0 Å². The van der Waals surface area contributed by atoms with Gasteiger partial charge in [0.1, 0.15) is 0 Å². The lowest BCUT2D eigenvalue weighted by Gasteiger charge is -2.19. The molecule has 1 aromatic carbocycles. The second-order valence-electron chi connectivity index (χ2n) is 5.71. The van der Waals surface area contributed by atoms with Crippen molar-refractivity contribution in [3.8, 4) is 0 Å². The van der Waals surface area contributed by atoms with Crippen LogP contribution in [0.15, 0.2) is 24.3 Å². The first-order valence-corrected chi connectivity index (χ1v) is 6.99. The lowest BCUT2D eigenvalue weighted by atomic mass is 10.00. The van der Waals surface area contributed by atoms with Crippen molar-refractivity contribution in [2.75, 3.05) is 0 Å². The van der Waals surface area contributed by atoms with Crippen LogP contribution < -0.4 is 11.1 Å². The lowest BCUT2D eigenvalue weighted by molar-refractivity contribution is -0.122. The fourth-order valence-corrected chi connectivity index (χ4v) is 2.00. The summed E-state index contributed by atoms with van der Waals surface area (Å²) in [4.78, 5) is 11.9. The minimum atomic E-state index is -0.0642. The lowest BCUT2D eigenvalue weighted by Crippen LogP contribution is -2.39. The zero-order chi connectivity index (χ0) is 14.4. The molecule has 1 rings (SSSR count). The van der Waals surface area contributed by atoms with Gasteiger partial charge in [-0.25, -0.2) is 0 Å². The van der Waals surface area contributed by atoms with E-state index in [0.717, 1.165) is 6.42 Å². The Morgan fingerprint density at radius 2 is 1.89 bits per heavy atom. The van der Waals surface area contributed by atoms with E-state index >= 15 is 0 Å².